The fraction of sp³-hybridized carbons (Fsp3) is 0.450. The number of nitro benzene ring substituents is 1. The molecule has 0 amide bonds. The molecule has 0 bridgehead atoms. The summed E-state index contributed by atoms with van der Waals surface area (Å²) in [6, 6.07) is 5.24. The Balaban J connectivity index is 1.87. The first-order chi connectivity index (χ1) is 13.9. The van der Waals surface area contributed by atoms with E-state index in [9.17, 15) is 14.9 Å². The summed E-state index contributed by atoms with van der Waals surface area (Å²) < 4.78 is 6.62. The minimum Gasteiger partial charge on any atom is -0.466 e. The molecule has 29 heavy (non-hydrogen) atoms. The van der Waals surface area contributed by atoms with Crippen LogP contribution in [0.2, 0.25) is 0 Å². The molecule has 9 heteroatoms. The lowest BCUT2D eigenvalue weighted by Gasteiger charge is -2.34. The third kappa shape index (κ3) is 4.61. The Labute approximate surface area is 169 Å². The molecular weight excluding hydrogens is 374 g/mol. The first-order valence-corrected chi connectivity index (χ1v) is 9.59. The molecule has 0 radical (unpaired) electrons. The lowest BCUT2D eigenvalue weighted by Crippen LogP contribution is -2.36. The van der Waals surface area contributed by atoms with Crippen molar-refractivity contribution in [3.05, 3.63) is 52.1 Å². The molecular formula is C20H25N5O4. The zero-order valence-electron chi connectivity index (χ0n) is 16.8. The van der Waals surface area contributed by atoms with Gasteiger partial charge in [-0.15, -0.1) is 10.2 Å². The maximum atomic E-state index is 11.7. The second-order valence-corrected chi connectivity index (χ2v) is 7.34. The molecule has 1 atom stereocenters. The van der Waals surface area contributed by atoms with Crippen molar-refractivity contribution in [3.8, 4) is 0 Å². The minimum atomic E-state index is -0.509. The van der Waals surface area contributed by atoms with Gasteiger partial charge in [-0.05, 0) is 44.4 Å². The first-order valence-electron chi connectivity index (χ1n) is 9.59. The highest BCUT2D eigenvalue weighted by Gasteiger charge is 2.29. The zero-order chi connectivity index (χ0) is 21.0. The summed E-state index contributed by atoms with van der Waals surface area (Å²) in [5, 5.41) is 20.1. The SMILES string of the molecule is COC(=O)C=Cc1ccc(N2CCCC(c3nncn3C(C)C)C2)c([N+](=O)[O-])c1. The van der Waals surface area contributed by atoms with Crippen molar-refractivity contribution in [2.75, 3.05) is 25.1 Å². The van der Waals surface area contributed by atoms with Crippen molar-refractivity contribution < 1.29 is 14.5 Å². The monoisotopic (exact) mass is 399 g/mol. The summed E-state index contributed by atoms with van der Waals surface area (Å²) in [7, 11) is 1.28. The normalized spacial score (nSPS) is 17.1. The van der Waals surface area contributed by atoms with E-state index in [1.807, 2.05) is 4.90 Å². The van der Waals surface area contributed by atoms with Crippen molar-refractivity contribution in [3.63, 3.8) is 0 Å². The average molecular weight is 399 g/mol. The third-order valence-corrected chi connectivity index (χ3v) is 5.09. The Bertz CT molecular complexity index is 921. The van der Waals surface area contributed by atoms with Crippen molar-refractivity contribution >= 4 is 23.4 Å². The topological polar surface area (TPSA) is 103 Å². The van der Waals surface area contributed by atoms with E-state index in [-0.39, 0.29) is 22.6 Å². The molecule has 9 nitrogen and oxygen atoms in total. The summed E-state index contributed by atoms with van der Waals surface area (Å²) in [6.07, 6.45) is 6.37. The molecule has 0 aliphatic carbocycles. The van der Waals surface area contributed by atoms with Crippen LogP contribution >= 0.6 is 0 Å². The minimum absolute atomic E-state index is 0.0167. The van der Waals surface area contributed by atoms with Crippen LogP contribution < -0.4 is 4.90 Å². The Morgan fingerprint density at radius 1 is 1.41 bits per heavy atom. The predicted octanol–water partition coefficient (Wildman–Crippen LogP) is 3.34. The maximum Gasteiger partial charge on any atom is 0.330 e. The highest BCUT2D eigenvalue weighted by Crippen LogP contribution is 2.35. The lowest BCUT2D eigenvalue weighted by molar-refractivity contribution is -0.384. The smallest absolute Gasteiger partial charge is 0.330 e. The highest BCUT2D eigenvalue weighted by molar-refractivity contribution is 5.87. The summed E-state index contributed by atoms with van der Waals surface area (Å²) in [5.74, 6) is 0.571. The number of hydrogen-bond donors (Lipinski definition) is 0. The zero-order valence-corrected chi connectivity index (χ0v) is 16.8. The van der Waals surface area contributed by atoms with Crippen LogP contribution in [-0.2, 0) is 9.53 Å². The number of anilines is 1. The van der Waals surface area contributed by atoms with Gasteiger partial charge in [0.2, 0.25) is 0 Å². The molecule has 2 heterocycles. The van der Waals surface area contributed by atoms with E-state index < -0.39 is 5.97 Å². The van der Waals surface area contributed by atoms with E-state index in [2.05, 4.69) is 33.3 Å². The Morgan fingerprint density at radius 3 is 2.90 bits per heavy atom. The summed E-state index contributed by atoms with van der Waals surface area (Å²) in [6.45, 7) is 5.55. The van der Waals surface area contributed by atoms with Gasteiger partial charge in [0, 0.05) is 37.2 Å². The van der Waals surface area contributed by atoms with Gasteiger partial charge in [0.1, 0.15) is 17.8 Å². The average Bonchev–Trinajstić information content (AvgIpc) is 3.22. The molecule has 154 valence electrons. The van der Waals surface area contributed by atoms with E-state index in [0.29, 0.717) is 17.8 Å². The van der Waals surface area contributed by atoms with E-state index in [4.69, 9.17) is 0 Å². The maximum absolute atomic E-state index is 11.7. The van der Waals surface area contributed by atoms with Crippen molar-refractivity contribution in [2.45, 2.75) is 38.6 Å². The predicted molar refractivity (Wildman–Crippen MR) is 109 cm³/mol. The Hall–Kier alpha value is -3.23. The molecule has 1 aromatic carbocycles. The van der Waals surface area contributed by atoms with E-state index in [1.165, 1.54) is 25.3 Å². The highest BCUT2D eigenvalue weighted by atomic mass is 16.6. The Kier molecular flexibility index (Phi) is 6.26. The van der Waals surface area contributed by atoms with Gasteiger partial charge in [-0.25, -0.2) is 4.79 Å². The molecule has 2 aromatic rings. The number of nitro groups is 1. The molecule has 1 unspecified atom stereocenters. The van der Waals surface area contributed by atoms with Crippen LogP contribution in [0, 0.1) is 10.1 Å². The first kappa shape index (κ1) is 20.5. The molecule has 1 aliphatic heterocycles. The van der Waals surface area contributed by atoms with Gasteiger partial charge in [-0.1, -0.05) is 6.07 Å². The van der Waals surface area contributed by atoms with E-state index >= 15 is 0 Å². The third-order valence-electron chi connectivity index (χ3n) is 5.09. The molecule has 1 fully saturated rings. The Morgan fingerprint density at radius 2 is 2.21 bits per heavy atom. The van der Waals surface area contributed by atoms with Crippen LogP contribution in [0.15, 0.2) is 30.6 Å². The van der Waals surface area contributed by atoms with Gasteiger partial charge in [0.05, 0.1) is 12.0 Å². The standard InChI is InChI=1S/C20H25N5O4/c1-14(2)24-13-21-22-20(24)16-5-4-10-23(12-16)17-8-6-15(7-9-19(26)29-3)11-18(17)25(27)28/h6-9,11,13-14,16H,4-5,10,12H2,1-3H3. The number of rotatable bonds is 6. The number of hydrogen-bond acceptors (Lipinski definition) is 7. The number of piperidine rings is 1. The van der Waals surface area contributed by atoms with Gasteiger partial charge in [0.25, 0.3) is 5.69 Å². The number of carbonyl (C=O) groups is 1. The summed E-state index contributed by atoms with van der Waals surface area (Å²) >= 11 is 0. The van der Waals surface area contributed by atoms with Gasteiger partial charge in [-0.2, -0.15) is 0 Å². The van der Waals surface area contributed by atoms with Crippen LogP contribution in [-0.4, -0.2) is 45.9 Å². The fourth-order valence-electron chi connectivity index (χ4n) is 3.64. The number of esters is 1. The van der Waals surface area contributed by atoms with Crippen LogP contribution in [0.4, 0.5) is 11.4 Å². The number of carbonyl (C=O) groups excluding carboxylic acids is 1. The van der Waals surface area contributed by atoms with Crippen LogP contribution in [0.25, 0.3) is 6.08 Å². The second-order valence-electron chi connectivity index (χ2n) is 7.34. The largest absolute Gasteiger partial charge is 0.466 e. The molecule has 1 aliphatic rings. The summed E-state index contributed by atoms with van der Waals surface area (Å²) in [5.41, 5.74) is 1.16. The van der Waals surface area contributed by atoms with Crippen molar-refractivity contribution in [1.82, 2.24) is 14.8 Å². The van der Waals surface area contributed by atoms with Crippen molar-refractivity contribution in [1.29, 1.82) is 0 Å². The number of nitrogens with zero attached hydrogens (tertiary/aromatic N) is 5. The number of ether oxygens (including phenoxy) is 1. The van der Waals surface area contributed by atoms with E-state index in [1.54, 1.807) is 18.5 Å². The van der Waals surface area contributed by atoms with Gasteiger partial charge < -0.3 is 14.2 Å². The van der Waals surface area contributed by atoms with Crippen LogP contribution in [0.1, 0.15) is 50.0 Å². The molecule has 0 N–H and O–H groups in total. The molecule has 0 spiro atoms. The molecule has 1 saturated heterocycles. The van der Waals surface area contributed by atoms with Gasteiger partial charge >= 0.3 is 5.97 Å². The fourth-order valence-corrected chi connectivity index (χ4v) is 3.64. The quantitative estimate of drug-likeness (QED) is 0.318. The van der Waals surface area contributed by atoms with Gasteiger partial charge in [0.15, 0.2) is 0 Å². The number of aromatic nitrogens is 3. The number of methoxy groups -OCH3 is 1. The van der Waals surface area contributed by atoms with Gasteiger partial charge in [-0.3, -0.25) is 10.1 Å². The van der Waals surface area contributed by atoms with Crippen LogP contribution in [0.3, 0.4) is 0 Å². The van der Waals surface area contributed by atoms with Crippen LogP contribution in [0.5, 0.6) is 0 Å². The number of benzene rings is 1. The molecule has 1 aromatic heterocycles. The lowest BCUT2D eigenvalue weighted by atomic mass is 9.96. The molecule has 0 saturated carbocycles. The molecule has 3 rings (SSSR count). The second kappa shape index (κ2) is 8.85. The van der Waals surface area contributed by atoms with E-state index in [0.717, 1.165) is 25.2 Å². The van der Waals surface area contributed by atoms with Crippen molar-refractivity contribution in [2.24, 2.45) is 0 Å². The summed E-state index contributed by atoms with van der Waals surface area (Å²) in [4.78, 5) is 24.6.